The Morgan fingerprint density at radius 1 is 1.29 bits per heavy atom. The molecule has 1 aromatic rings. The molecule has 2 aliphatic carbocycles. The van der Waals surface area contributed by atoms with Crippen LogP contribution in [0.3, 0.4) is 0 Å². The van der Waals surface area contributed by atoms with Gasteiger partial charge in [0, 0.05) is 38.2 Å². The molecule has 1 aliphatic heterocycles. The zero-order chi connectivity index (χ0) is 19.6. The molecule has 1 aromatic carbocycles. The van der Waals surface area contributed by atoms with Gasteiger partial charge in [0.15, 0.2) is 0 Å². The molecular weight excluding hydrogens is 348 g/mol. The highest BCUT2D eigenvalue weighted by atomic mass is 16.3. The number of hydrogen-bond donors (Lipinski definition) is 2. The molecule has 0 bridgehead atoms. The zero-order valence-electron chi connectivity index (χ0n) is 17.1. The van der Waals surface area contributed by atoms with Crippen molar-refractivity contribution in [2.45, 2.75) is 57.5 Å². The first kappa shape index (κ1) is 19.8. The van der Waals surface area contributed by atoms with Crippen LogP contribution in [0.2, 0.25) is 0 Å². The van der Waals surface area contributed by atoms with Gasteiger partial charge >= 0.3 is 0 Å². The fraction of sp³-hybridized carbons (Fsp3) is 0.625. The molecule has 3 aliphatic rings. The number of hydrogen-bond acceptors (Lipinski definition) is 4. The number of aliphatic hydroxyl groups excluding tert-OH is 1. The fourth-order valence-electron chi connectivity index (χ4n) is 5.31. The van der Waals surface area contributed by atoms with Crippen molar-refractivity contribution in [3.63, 3.8) is 0 Å². The number of aliphatic hydroxyl groups is 1. The van der Waals surface area contributed by atoms with Crippen LogP contribution in [0, 0.1) is 11.3 Å². The highest BCUT2D eigenvalue weighted by Crippen LogP contribution is 2.50. The van der Waals surface area contributed by atoms with Crippen molar-refractivity contribution >= 4 is 11.9 Å². The lowest BCUT2D eigenvalue weighted by Crippen LogP contribution is -2.66. The third-order valence-electron chi connectivity index (χ3n) is 6.77. The van der Waals surface area contributed by atoms with E-state index in [2.05, 4.69) is 53.5 Å². The molecule has 1 spiro atoms. The molecule has 1 saturated heterocycles. The van der Waals surface area contributed by atoms with Gasteiger partial charge in [0.25, 0.3) is 0 Å². The molecule has 28 heavy (non-hydrogen) atoms. The second kappa shape index (κ2) is 8.48. The maximum atomic E-state index is 11.8. The van der Waals surface area contributed by atoms with Crippen molar-refractivity contribution in [2.75, 3.05) is 26.2 Å². The molecule has 0 amide bonds. The van der Waals surface area contributed by atoms with Crippen molar-refractivity contribution in [1.29, 1.82) is 0 Å². The number of nitrogens with one attached hydrogen (secondary N) is 1. The van der Waals surface area contributed by atoms with Gasteiger partial charge in [-0.1, -0.05) is 48.9 Å². The van der Waals surface area contributed by atoms with E-state index in [1.807, 2.05) is 0 Å². The zero-order valence-corrected chi connectivity index (χ0v) is 17.1. The first-order chi connectivity index (χ1) is 13.6. The smallest absolute Gasteiger partial charge is 0.146 e. The van der Waals surface area contributed by atoms with Gasteiger partial charge in [-0.2, -0.15) is 0 Å². The summed E-state index contributed by atoms with van der Waals surface area (Å²) in [4.78, 5) is 14.1. The third-order valence-corrected chi connectivity index (χ3v) is 6.77. The van der Waals surface area contributed by atoms with Gasteiger partial charge in [-0.3, -0.25) is 9.69 Å². The van der Waals surface area contributed by atoms with Crippen molar-refractivity contribution in [3.05, 3.63) is 41.5 Å². The van der Waals surface area contributed by atoms with Crippen LogP contribution >= 0.6 is 0 Å². The summed E-state index contributed by atoms with van der Waals surface area (Å²) in [5.41, 5.74) is 3.37. The number of rotatable bonds is 10. The van der Waals surface area contributed by atoms with E-state index in [0.29, 0.717) is 42.8 Å². The van der Waals surface area contributed by atoms with Gasteiger partial charge in [-0.15, -0.1) is 0 Å². The SMILES string of the molecule is CC/C(=C\c1ccccc1)[C@@H]1C[C@H]1NC1CC2(C1)CN(CC(=O)CCCO)C2. The van der Waals surface area contributed by atoms with E-state index in [4.69, 9.17) is 5.11 Å². The Balaban J connectivity index is 1.17. The number of ketones is 1. The second-order valence-electron chi connectivity index (χ2n) is 9.22. The fourth-order valence-corrected chi connectivity index (χ4v) is 5.31. The highest BCUT2D eigenvalue weighted by molar-refractivity contribution is 5.80. The van der Waals surface area contributed by atoms with Gasteiger partial charge < -0.3 is 10.4 Å². The first-order valence-corrected chi connectivity index (χ1v) is 11.0. The molecule has 2 saturated carbocycles. The van der Waals surface area contributed by atoms with E-state index in [1.54, 1.807) is 5.57 Å². The van der Waals surface area contributed by atoms with Gasteiger partial charge in [-0.25, -0.2) is 0 Å². The minimum Gasteiger partial charge on any atom is -0.396 e. The Morgan fingerprint density at radius 2 is 2.04 bits per heavy atom. The molecule has 2 atom stereocenters. The Bertz CT molecular complexity index is 701. The molecule has 4 nitrogen and oxygen atoms in total. The lowest BCUT2D eigenvalue weighted by molar-refractivity contribution is -0.128. The van der Waals surface area contributed by atoms with Crippen LogP contribution in [0.1, 0.15) is 51.0 Å². The Hall–Kier alpha value is -1.49. The summed E-state index contributed by atoms with van der Waals surface area (Å²) in [5, 5.41) is 12.7. The number of nitrogens with zero attached hydrogens (tertiary/aromatic N) is 1. The van der Waals surface area contributed by atoms with Crippen LogP contribution in [0.5, 0.6) is 0 Å². The van der Waals surface area contributed by atoms with E-state index < -0.39 is 0 Å². The van der Waals surface area contributed by atoms with Crippen molar-refractivity contribution < 1.29 is 9.90 Å². The molecule has 4 rings (SSSR count). The van der Waals surface area contributed by atoms with E-state index in [9.17, 15) is 4.79 Å². The molecule has 152 valence electrons. The Labute approximate surface area is 169 Å². The highest BCUT2D eigenvalue weighted by Gasteiger charge is 2.54. The topological polar surface area (TPSA) is 52.6 Å². The third kappa shape index (κ3) is 4.56. The van der Waals surface area contributed by atoms with Gasteiger partial charge in [0.05, 0.1) is 6.54 Å². The summed E-state index contributed by atoms with van der Waals surface area (Å²) in [6.07, 6.45) is 8.44. The van der Waals surface area contributed by atoms with Crippen molar-refractivity contribution in [2.24, 2.45) is 11.3 Å². The maximum Gasteiger partial charge on any atom is 0.146 e. The molecule has 4 heteroatoms. The summed E-state index contributed by atoms with van der Waals surface area (Å²) in [7, 11) is 0. The Morgan fingerprint density at radius 3 is 2.71 bits per heavy atom. The quantitative estimate of drug-likeness (QED) is 0.652. The second-order valence-corrected chi connectivity index (χ2v) is 9.22. The van der Waals surface area contributed by atoms with E-state index in [0.717, 1.165) is 19.5 Å². The average molecular weight is 383 g/mol. The molecule has 2 N–H and O–H groups in total. The molecule has 0 unspecified atom stereocenters. The number of carbonyl (C=O) groups is 1. The van der Waals surface area contributed by atoms with Gasteiger partial charge in [0.2, 0.25) is 0 Å². The molecule has 0 aromatic heterocycles. The van der Waals surface area contributed by atoms with Crippen LogP contribution in [0.25, 0.3) is 6.08 Å². The summed E-state index contributed by atoms with van der Waals surface area (Å²) in [6.45, 7) is 5.13. The number of likely N-dealkylation sites (tertiary alicyclic amines) is 1. The lowest BCUT2D eigenvalue weighted by Gasteiger charge is -2.59. The predicted octanol–water partition coefficient (Wildman–Crippen LogP) is 3.26. The molecule has 1 heterocycles. The summed E-state index contributed by atoms with van der Waals surface area (Å²) in [5.74, 6) is 0.986. The van der Waals surface area contributed by atoms with Gasteiger partial charge in [-0.05, 0) is 49.0 Å². The number of carbonyl (C=O) groups excluding carboxylic acids is 1. The number of Topliss-reactive ketones (excluding diaryl/α,β-unsaturated/α-hetero) is 1. The first-order valence-electron chi connectivity index (χ1n) is 11.0. The summed E-state index contributed by atoms with van der Waals surface area (Å²) >= 11 is 0. The largest absolute Gasteiger partial charge is 0.396 e. The van der Waals surface area contributed by atoms with Crippen LogP contribution in [0.15, 0.2) is 35.9 Å². The minimum atomic E-state index is 0.117. The van der Waals surface area contributed by atoms with Crippen LogP contribution in [-0.2, 0) is 4.79 Å². The monoisotopic (exact) mass is 382 g/mol. The Kier molecular flexibility index (Phi) is 6.00. The standard InChI is InChI=1S/C24H34N2O2/c1-2-19(11-18-7-4-3-5-8-18)22-12-23(22)25-20-13-24(14-20)16-26(17-24)15-21(28)9-6-10-27/h3-5,7-8,11,20,22-23,25,27H,2,6,9-10,12-17H2,1H3/b19-11+/t22-,23+/m0/s1. The van der Waals surface area contributed by atoms with Crippen molar-refractivity contribution in [1.82, 2.24) is 10.2 Å². The van der Waals surface area contributed by atoms with E-state index >= 15 is 0 Å². The van der Waals surface area contributed by atoms with Crippen LogP contribution in [-0.4, -0.2) is 54.1 Å². The number of benzene rings is 1. The average Bonchev–Trinajstić information content (AvgIpc) is 3.40. The molecular formula is C24H34N2O2. The van der Waals surface area contributed by atoms with Gasteiger partial charge in [0.1, 0.15) is 5.78 Å². The molecule has 0 radical (unpaired) electrons. The van der Waals surface area contributed by atoms with E-state index in [1.165, 1.54) is 24.8 Å². The van der Waals surface area contributed by atoms with Crippen LogP contribution in [0.4, 0.5) is 0 Å². The lowest BCUT2D eigenvalue weighted by atomic mass is 9.60. The normalized spacial score (nSPS) is 26.7. The minimum absolute atomic E-state index is 0.117. The summed E-state index contributed by atoms with van der Waals surface area (Å²) < 4.78 is 0. The van der Waals surface area contributed by atoms with Crippen molar-refractivity contribution in [3.8, 4) is 0 Å². The molecule has 3 fully saturated rings. The maximum absolute atomic E-state index is 11.8. The summed E-state index contributed by atoms with van der Waals surface area (Å²) in [6, 6.07) is 12.0. The van der Waals surface area contributed by atoms with E-state index in [-0.39, 0.29) is 12.4 Å². The predicted molar refractivity (Wildman–Crippen MR) is 113 cm³/mol. The van der Waals surface area contributed by atoms with Crippen LogP contribution < -0.4 is 5.32 Å².